The number of aliphatic hydroxyl groups excluding tert-OH is 2. The number of aliphatic hydroxyl groups is 2. The molecule has 50 heavy (non-hydrogen) atoms. The number of ether oxygens (including phenoxy) is 2. The summed E-state index contributed by atoms with van der Waals surface area (Å²) in [4.78, 5) is 17.2. The Morgan fingerprint density at radius 2 is 1.26 bits per heavy atom. The van der Waals surface area contributed by atoms with Crippen molar-refractivity contribution in [2.24, 2.45) is 0 Å². The monoisotopic (exact) mass is 770 g/mol. The predicted octanol–water partition coefficient (Wildman–Crippen LogP) is 3.07. The summed E-state index contributed by atoms with van der Waals surface area (Å²) in [6.07, 6.45) is 7.36. The van der Waals surface area contributed by atoms with Gasteiger partial charge in [0.1, 0.15) is 25.1 Å². The van der Waals surface area contributed by atoms with Gasteiger partial charge in [-0.15, -0.1) is 0 Å². The van der Waals surface area contributed by atoms with Crippen LogP contribution in [0.4, 0.5) is 11.6 Å². The molecule has 0 saturated heterocycles. The van der Waals surface area contributed by atoms with Crippen molar-refractivity contribution in [1.82, 2.24) is 39.5 Å². The summed E-state index contributed by atoms with van der Waals surface area (Å²) >= 11 is 1.48. The lowest BCUT2D eigenvalue weighted by atomic mass is 10.3. The Labute approximate surface area is 302 Å². The molecule has 0 saturated carbocycles. The summed E-state index contributed by atoms with van der Waals surface area (Å²) in [7, 11) is -4.68. The van der Waals surface area contributed by atoms with Crippen LogP contribution in [0.2, 0.25) is 38.3 Å². The molecule has 0 aliphatic heterocycles. The standard InChI is InChI=1S/C15H27N5O4SSi.C15H27N5O2SSi/c1-11(21)8-16-13-12-9-17-20(10-24-6-5-7-26(3)4)14(12)19-15(18-13)25(2,22)23;1-11(21)8-16-13-12-9-17-20(10-22-6-5-7-24(3)4)14(12)19-15(18-13)23-2/h9,11,21,26H,5-8,10H2,1-4H3,(H,16,18,19);9,11,21,24H,5-8,10H2,1-4H3,(H,16,18,19)/t2*11-/m00/s1. The van der Waals surface area contributed by atoms with Gasteiger partial charge in [0.05, 0.1) is 35.4 Å². The number of nitrogens with one attached hydrogen (secondary N) is 2. The van der Waals surface area contributed by atoms with Crippen LogP contribution < -0.4 is 10.6 Å². The molecule has 280 valence electrons. The van der Waals surface area contributed by atoms with Gasteiger partial charge in [0.2, 0.25) is 9.84 Å². The number of thioether (sulfide) groups is 1. The zero-order valence-corrected chi connectivity index (χ0v) is 34.4. The number of hydrogen-bond acceptors (Lipinski definition) is 15. The smallest absolute Gasteiger partial charge is 0.250 e. The second kappa shape index (κ2) is 20.3. The Morgan fingerprint density at radius 1 is 0.800 bits per heavy atom. The number of rotatable bonds is 20. The number of anilines is 2. The quantitative estimate of drug-likeness (QED) is 0.0441. The Hall–Kier alpha value is -2.73. The summed E-state index contributed by atoms with van der Waals surface area (Å²) in [5.41, 5.74) is 1.13. The van der Waals surface area contributed by atoms with Crippen LogP contribution in [-0.2, 0) is 32.8 Å². The first-order chi connectivity index (χ1) is 23.7. The van der Waals surface area contributed by atoms with Gasteiger partial charge >= 0.3 is 0 Å². The van der Waals surface area contributed by atoms with Crippen molar-refractivity contribution < 1.29 is 28.1 Å². The minimum absolute atomic E-state index is 0.194. The maximum atomic E-state index is 11.9. The van der Waals surface area contributed by atoms with Gasteiger partial charge in [-0.2, -0.15) is 15.2 Å². The van der Waals surface area contributed by atoms with Crippen LogP contribution in [0.5, 0.6) is 0 Å². The molecule has 0 amide bonds. The lowest BCUT2D eigenvalue weighted by molar-refractivity contribution is 0.0717. The molecule has 0 aromatic carbocycles. The first-order valence-corrected chi connectivity index (χ1v) is 26.3. The van der Waals surface area contributed by atoms with E-state index in [1.807, 2.05) is 6.26 Å². The number of fused-ring (bicyclic) bond motifs is 2. The van der Waals surface area contributed by atoms with E-state index in [0.29, 0.717) is 47.7 Å². The van der Waals surface area contributed by atoms with Gasteiger partial charge in [-0.05, 0) is 32.9 Å². The summed E-state index contributed by atoms with van der Waals surface area (Å²) in [5, 5.41) is 35.5. The highest BCUT2D eigenvalue weighted by molar-refractivity contribution is 7.98. The van der Waals surface area contributed by atoms with Gasteiger partial charge < -0.3 is 30.3 Å². The van der Waals surface area contributed by atoms with Gasteiger partial charge in [-0.3, -0.25) is 0 Å². The highest BCUT2D eigenvalue weighted by Gasteiger charge is 2.19. The molecule has 0 spiro atoms. The lowest BCUT2D eigenvalue weighted by Gasteiger charge is -2.10. The molecule has 0 aliphatic carbocycles. The van der Waals surface area contributed by atoms with E-state index in [9.17, 15) is 18.6 Å². The van der Waals surface area contributed by atoms with Crippen LogP contribution in [-0.4, -0.2) is 127 Å². The fourth-order valence-corrected chi connectivity index (χ4v) is 7.40. The third-order valence-electron chi connectivity index (χ3n) is 7.16. The molecular formula is C30H54N10O6S2Si2. The van der Waals surface area contributed by atoms with Crippen molar-refractivity contribution in [2.45, 2.75) is 101 Å². The predicted molar refractivity (Wildman–Crippen MR) is 204 cm³/mol. The highest BCUT2D eigenvalue weighted by Crippen LogP contribution is 2.24. The van der Waals surface area contributed by atoms with Crippen LogP contribution >= 0.6 is 11.8 Å². The topological polar surface area (TPSA) is 204 Å². The molecule has 4 heterocycles. The van der Waals surface area contributed by atoms with E-state index >= 15 is 0 Å². The van der Waals surface area contributed by atoms with Crippen LogP contribution in [0.3, 0.4) is 0 Å². The van der Waals surface area contributed by atoms with Crippen molar-refractivity contribution in [3.8, 4) is 0 Å². The maximum Gasteiger partial charge on any atom is 0.250 e. The second-order valence-electron chi connectivity index (χ2n) is 13.1. The Bertz CT molecular complexity index is 1740. The maximum absolute atomic E-state index is 11.9. The molecule has 20 heteroatoms. The minimum Gasteiger partial charge on any atom is -0.392 e. The molecule has 0 bridgehead atoms. The first kappa shape index (κ1) is 41.7. The van der Waals surface area contributed by atoms with E-state index in [1.54, 1.807) is 30.9 Å². The van der Waals surface area contributed by atoms with Crippen molar-refractivity contribution in [3.05, 3.63) is 12.4 Å². The van der Waals surface area contributed by atoms with Crippen molar-refractivity contribution in [2.75, 3.05) is 49.4 Å². The van der Waals surface area contributed by atoms with Gasteiger partial charge in [-0.25, -0.2) is 32.7 Å². The van der Waals surface area contributed by atoms with Gasteiger partial charge in [0.15, 0.2) is 16.5 Å². The summed E-state index contributed by atoms with van der Waals surface area (Å²) in [6, 6.07) is 2.51. The third kappa shape index (κ3) is 13.4. The molecule has 0 fully saturated rings. The fraction of sp³-hybridized carbons (Fsp3) is 0.667. The number of hydrogen-bond donors (Lipinski definition) is 4. The van der Waals surface area contributed by atoms with E-state index < -0.39 is 39.6 Å². The molecule has 0 aliphatic rings. The summed E-state index contributed by atoms with van der Waals surface area (Å²) in [6.45, 7) is 15.3. The molecular weight excluding hydrogens is 717 g/mol. The van der Waals surface area contributed by atoms with Crippen LogP contribution in [0, 0.1) is 0 Å². The minimum atomic E-state index is -3.59. The van der Waals surface area contributed by atoms with E-state index in [2.05, 4.69) is 67.0 Å². The normalized spacial score (nSPS) is 13.2. The van der Waals surface area contributed by atoms with E-state index in [-0.39, 0.29) is 18.4 Å². The largest absolute Gasteiger partial charge is 0.392 e. The highest BCUT2D eigenvalue weighted by atomic mass is 32.2. The molecule has 4 aromatic heterocycles. The van der Waals surface area contributed by atoms with Crippen LogP contribution in [0.1, 0.15) is 26.7 Å². The van der Waals surface area contributed by atoms with E-state index in [1.165, 1.54) is 28.5 Å². The molecule has 0 unspecified atom stereocenters. The van der Waals surface area contributed by atoms with Crippen molar-refractivity contribution >= 4 is 72.9 Å². The number of sulfone groups is 1. The summed E-state index contributed by atoms with van der Waals surface area (Å²) in [5.74, 6) is 1.02. The fourth-order valence-electron chi connectivity index (χ4n) is 4.56. The Morgan fingerprint density at radius 3 is 1.68 bits per heavy atom. The Balaban J connectivity index is 0.000000271. The number of aromatic nitrogens is 8. The van der Waals surface area contributed by atoms with E-state index in [4.69, 9.17) is 9.47 Å². The average molecular weight is 771 g/mol. The molecule has 0 radical (unpaired) electrons. The molecule has 4 aromatic rings. The summed E-state index contributed by atoms with van der Waals surface area (Å²) < 4.78 is 38.5. The van der Waals surface area contributed by atoms with Crippen LogP contribution in [0.25, 0.3) is 22.1 Å². The van der Waals surface area contributed by atoms with Crippen molar-refractivity contribution in [3.63, 3.8) is 0 Å². The van der Waals surface area contributed by atoms with Gasteiger partial charge in [0.25, 0.3) is 5.16 Å². The number of nitrogens with zero attached hydrogens (tertiary/aromatic N) is 8. The third-order valence-corrected chi connectivity index (χ3v) is 11.7. The average Bonchev–Trinajstić information content (AvgIpc) is 3.65. The second-order valence-corrected chi connectivity index (χ2v) is 22.5. The molecule has 4 rings (SSSR count). The zero-order valence-electron chi connectivity index (χ0n) is 30.5. The molecule has 2 atom stereocenters. The van der Waals surface area contributed by atoms with Crippen molar-refractivity contribution in [1.29, 1.82) is 0 Å². The zero-order chi connectivity index (χ0) is 36.8. The van der Waals surface area contributed by atoms with E-state index in [0.717, 1.165) is 36.7 Å². The van der Waals surface area contributed by atoms with Gasteiger partial charge in [0, 0.05) is 50.2 Å². The molecule has 16 nitrogen and oxygen atoms in total. The van der Waals surface area contributed by atoms with Crippen LogP contribution in [0.15, 0.2) is 22.7 Å². The Kier molecular flexibility index (Phi) is 17.0. The lowest BCUT2D eigenvalue weighted by Crippen LogP contribution is -2.17. The first-order valence-electron chi connectivity index (χ1n) is 16.9. The van der Waals surface area contributed by atoms with Gasteiger partial charge in [-0.1, -0.05) is 50.0 Å². The SMILES string of the molecule is CSc1nc(NC[C@H](C)O)c2cnn(COCCC[SiH](C)C)c2n1.C[C@H](O)CNc1nc(S(C)(=O)=O)nc2c1cnn2COCCC[SiH](C)C. The molecule has 4 N–H and O–H groups in total.